The number of ether oxygens (including phenoxy) is 1. The minimum atomic E-state index is 0.130. The van der Waals surface area contributed by atoms with Gasteiger partial charge in [-0.1, -0.05) is 12.1 Å². The molecule has 2 aromatic rings. The van der Waals surface area contributed by atoms with Crippen molar-refractivity contribution >= 4 is 37.5 Å². The van der Waals surface area contributed by atoms with E-state index in [4.69, 9.17) is 4.74 Å². The average Bonchev–Trinajstić information content (AvgIpc) is 2.43. The van der Waals surface area contributed by atoms with Crippen molar-refractivity contribution in [1.29, 1.82) is 0 Å². The molecule has 0 aliphatic heterocycles. The molecule has 21 heavy (non-hydrogen) atoms. The van der Waals surface area contributed by atoms with Crippen LogP contribution < -0.4 is 10.1 Å². The Kier molecular flexibility index (Phi) is 5.53. The number of hydrogen-bond acceptors (Lipinski definition) is 3. The van der Waals surface area contributed by atoms with Gasteiger partial charge >= 0.3 is 0 Å². The first-order chi connectivity index (χ1) is 9.97. The van der Waals surface area contributed by atoms with Gasteiger partial charge in [-0.25, -0.2) is 0 Å². The number of para-hydroxylation sites is 2. The number of halogens is 2. The lowest BCUT2D eigenvalue weighted by Crippen LogP contribution is -2.08. The number of benzene rings is 2. The summed E-state index contributed by atoms with van der Waals surface area (Å²) in [6.07, 6.45) is 0.130. The van der Waals surface area contributed by atoms with Crippen molar-refractivity contribution < 1.29 is 9.84 Å². The number of phenols is 1. The monoisotopic (exact) mass is 413 g/mol. The third-order valence-electron chi connectivity index (χ3n) is 2.81. The maximum absolute atomic E-state index is 9.73. The summed E-state index contributed by atoms with van der Waals surface area (Å²) in [4.78, 5) is 0. The maximum atomic E-state index is 9.73. The molecule has 0 aromatic heterocycles. The van der Waals surface area contributed by atoms with Gasteiger partial charge in [0.25, 0.3) is 0 Å². The zero-order valence-electron chi connectivity index (χ0n) is 11.9. The summed E-state index contributed by atoms with van der Waals surface area (Å²) in [7, 11) is 0. The highest BCUT2D eigenvalue weighted by atomic mass is 79.9. The van der Waals surface area contributed by atoms with Crippen molar-refractivity contribution in [2.45, 2.75) is 26.5 Å². The third kappa shape index (κ3) is 4.38. The van der Waals surface area contributed by atoms with Gasteiger partial charge in [0.2, 0.25) is 0 Å². The summed E-state index contributed by atoms with van der Waals surface area (Å²) < 4.78 is 7.11. The third-order valence-corrected chi connectivity index (χ3v) is 4.02. The molecule has 0 spiro atoms. The molecule has 0 saturated heterocycles. The smallest absolute Gasteiger partial charge is 0.143 e. The van der Waals surface area contributed by atoms with Gasteiger partial charge in [0, 0.05) is 6.54 Å². The van der Waals surface area contributed by atoms with Gasteiger partial charge in [0.15, 0.2) is 0 Å². The SMILES string of the molecule is CC(C)Oc1ccccc1NCc1cc(Br)c(O)c(Br)c1. The van der Waals surface area contributed by atoms with Gasteiger partial charge in [-0.3, -0.25) is 0 Å². The molecule has 3 nitrogen and oxygen atoms in total. The first-order valence-electron chi connectivity index (χ1n) is 6.64. The Bertz CT molecular complexity index is 606. The van der Waals surface area contributed by atoms with Crippen LogP contribution in [0.3, 0.4) is 0 Å². The highest BCUT2D eigenvalue weighted by Crippen LogP contribution is 2.34. The normalized spacial score (nSPS) is 10.7. The predicted octanol–water partition coefficient (Wildman–Crippen LogP) is 5.32. The van der Waals surface area contributed by atoms with E-state index >= 15 is 0 Å². The summed E-state index contributed by atoms with van der Waals surface area (Å²) in [5, 5.41) is 13.1. The quantitative estimate of drug-likeness (QED) is 0.695. The lowest BCUT2D eigenvalue weighted by atomic mass is 10.2. The van der Waals surface area contributed by atoms with Gasteiger partial charge in [-0.05, 0) is 75.5 Å². The molecule has 0 radical (unpaired) electrons. The van der Waals surface area contributed by atoms with E-state index in [2.05, 4.69) is 37.2 Å². The van der Waals surface area contributed by atoms with E-state index in [1.54, 1.807) is 0 Å². The van der Waals surface area contributed by atoms with E-state index in [0.29, 0.717) is 15.5 Å². The minimum absolute atomic E-state index is 0.130. The van der Waals surface area contributed by atoms with Gasteiger partial charge in [0.1, 0.15) is 11.5 Å². The largest absolute Gasteiger partial charge is 0.506 e. The number of nitrogens with one attached hydrogen (secondary N) is 1. The fourth-order valence-electron chi connectivity index (χ4n) is 1.89. The highest BCUT2D eigenvalue weighted by molar-refractivity contribution is 9.11. The van der Waals surface area contributed by atoms with E-state index in [1.165, 1.54) is 0 Å². The number of hydrogen-bond donors (Lipinski definition) is 2. The molecule has 5 heteroatoms. The van der Waals surface area contributed by atoms with Crippen LogP contribution in [0.15, 0.2) is 45.3 Å². The predicted molar refractivity (Wildman–Crippen MR) is 93.0 cm³/mol. The lowest BCUT2D eigenvalue weighted by Gasteiger charge is -2.15. The molecule has 0 fully saturated rings. The van der Waals surface area contributed by atoms with Gasteiger partial charge in [-0.15, -0.1) is 0 Å². The molecule has 2 N–H and O–H groups in total. The molecular weight excluding hydrogens is 398 g/mol. The molecule has 0 atom stereocenters. The Hall–Kier alpha value is -1.20. The molecule has 2 rings (SSSR count). The van der Waals surface area contributed by atoms with Crippen molar-refractivity contribution in [2.75, 3.05) is 5.32 Å². The molecule has 0 unspecified atom stereocenters. The Morgan fingerprint density at radius 3 is 2.38 bits per heavy atom. The van der Waals surface area contributed by atoms with Crippen LogP contribution in [0.2, 0.25) is 0 Å². The van der Waals surface area contributed by atoms with Crippen LogP contribution in [0.1, 0.15) is 19.4 Å². The molecule has 0 amide bonds. The topological polar surface area (TPSA) is 41.5 Å². The Morgan fingerprint density at radius 1 is 1.14 bits per heavy atom. The van der Waals surface area contributed by atoms with Crippen LogP contribution in [-0.2, 0) is 6.54 Å². The molecule has 0 bridgehead atoms. The Labute approximate surface area is 141 Å². The molecule has 0 saturated carbocycles. The second-order valence-electron chi connectivity index (χ2n) is 4.92. The van der Waals surface area contributed by atoms with Crippen molar-refractivity contribution in [2.24, 2.45) is 0 Å². The summed E-state index contributed by atoms with van der Waals surface area (Å²) in [6.45, 7) is 4.64. The molecular formula is C16H17Br2NO2. The molecule has 0 heterocycles. The van der Waals surface area contributed by atoms with Gasteiger partial charge < -0.3 is 15.2 Å². The van der Waals surface area contributed by atoms with Crippen molar-refractivity contribution in [3.63, 3.8) is 0 Å². The molecule has 0 aliphatic carbocycles. The van der Waals surface area contributed by atoms with Crippen molar-refractivity contribution in [3.8, 4) is 11.5 Å². The van der Waals surface area contributed by atoms with Crippen LogP contribution in [-0.4, -0.2) is 11.2 Å². The lowest BCUT2D eigenvalue weighted by molar-refractivity contribution is 0.243. The highest BCUT2D eigenvalue weighted by Gasteiger charge is 2.08. The van der Waals surface area contributed by atoms with E-state index in [-0.39, 0.29) is 11.9 Å². The molecule has 2 aromatic carbocycles. The van der Waals surface area contributed by atoms with E-state index in [9.17, 15) is 5.11 Å². The summed E-state index contributed by atoms with van der Waals surface area (Å²) >= 11 is 6.68. The Balaban J connectivity index is 2.13. The zero-order chi connectivity index (χ0) is 15.4. The van der Waals surface area contributed by atoms with Crippen LogP contribution in [0.4, 0.5) is 5.69 Å². The second-order valence-corrected chi connectivity index (χ2v) is 6.63. The van der Waals surface area contributed by atoms with Crippen molar-refractivity contribution in [1.82, 2.24) is 0 Å². The standard InChI is InChI=1S/C16H17Br2NO2/c1-10(2)21-15-6-4-3-5-14(15)19-9-11-7-12(17)16(20)13(18)8-11/h3-8,10,19-20H,9H2,1-2H3. The summed E-state index contributed by atoms with van der Waals surface area (Å²) in [5.41, 5.74) is 2.00. The maximum Gasteiger partial charge on any atom is 0.143 e. The van der Waals surface area contributed by atoms with Crippen LogP contribution in [0.5, 0.6) is 11.5 Å². The van der Waals surface area contributed by atoms with Gasteiger partial charge in [0.05, 0.1) is 20.7 Å². The molecule has 112 valence electrons. The van der Waals surface area contributed by atoms with Crippen LogP contribution in [0, 0.1) is 0 Å². The first kappa shape index (κ1) is 16.2. The summed E-state index contributed by atoms with van der Waals surface area (Å²) in [6, 6.07) is 11.6. The van der Waals surface area contributed by atoms with E-state index in [1.807, 2.05) is 50.2 Å². The number of aromatic hydroxyl groups is 1. The Morgan fingerprint density at radius 2 is 1.76 bits per heavy atom. The zero-order valence-corrected chi connectivity index (χ0v) is 15.0. The van der Waals surface area contributed by atoms with Crippen LogP contribution in [0.25, 0.3) is 0 Å². The molecule has 0 aliphatic rings. The van der Waals surface area contributed by atoms with Crippen LogP contribution >= 0.6 is 31.9 Å². The average molecular weight is 415 g/mol. The van der Waals surface area contributed by atoms with Gasteiger partial charge in [-0.2, -0.15) is 0 Å². The van der Waals surface area contributed by atoms with E-state index < -0.39 is 0 Å². The van der Waals surface area contributed by atoms with E-state index in [0.717, 1.165) is 17.0 Å². The van der Waals surface area contributed by atoms with Crippen molar-refractivity contribution in [3.05, 3.63) is 50.9 Å². The fraction of sp³-hybridized carbons (Fsp3) is 0.250. The number of rotatable bonds is 5. The minimum Gasteiger partial charge on any atom is -0.506 e. The fourth-order valence-corrected chi connectivity index (χ4v) is 3.17. The number of anilines is 1. The first-order valence-corrected chi connectivity index (χ1v) is 8.22. The second kappa shape index (κ2) is 7.18. The summed E-state index contributed by atoms with van der Waals surface area (Å²) in [5.74, 6) is 1.05. The number of phenolic OH excluding ortho intramolecular Hbond substituents is 1.